The van der Waals surface area contributed by atoms with E-state index in [1.807, 2.05) is 7.05 Å². The molecule has 1 aromatic carbocycles. The molecule has 12 heteroatoms. The molecule has 1 fully saturated rings. The number of rotatable bonds is 7. The molecule has 198 valence electrons. The number of carbonyl (C=O) groups excluding carboxylic acids is 2. The van der Waals surface area contributed by atoms with Crippen LogP contribution in [0.15, 0.2) is 64.5 Å². The van der Waals surface area contributed by atoms with Gasteiger partial charge in [0, 0.05) is 24.6 Å². The molecule has 2 heterocycles. The number of carbonyl (C=O) groups is 2. The van der Waals surface area contributed by atoms with Gasteiger partial charge in [-0.3, -0.25) is 4.79 Å². The third kappa shape index (κ3) is 6.76. The summed E-state index contributed by atoms with van der Waals surface area (Å²) in [5, 5.41) is 9.01. The first-order valence-electron chi connectivity index (χ1n) is 12.0. The normalized spacial score (nSPS) is 22.6. The number of likely N-dealkylation sites (tertiary alicyclic amines) is 1. The van der Waals surface area contributed by atoms with E-state index in [0.717, 1.165) is 38.1 Å². The molecule has 37 heavy (non-hydrogen) atoms. The number of piperidine rings is 1. The number of alkyl halides is 3. The van der Waals surface area contributed by atoms with Crippen molar-refractivity contribution in [2.45, 2.75) is 43.9 Å². The molecular formula is C25H30F3N6O3+. The van der Waals surface area contributed by atoms with Gasteiger partial charge in [0.05, 0.1) is 12.0 Å². The van der Waals surface area contributed by atoms with Crippen LogP contribution in [-0.2, 0) is 23.3 Å². The van der Waals surface area contributed by atoms with Gasteiger partial charge in [0.25, 0.3) is 0 Å². The zero-order valence-electron chi connectivity index (χ0n) is 20.4. The van der Waals surface area contributed by atoms with Gasteiger partial charge in [0.15, 0.2) is 11.8 Å². The lowest BCUT2D eigenvalue weighted by molar-refractivity contribution is -0.767. The molecule has 2 atom stereocenters. The summed E-state index contributed by atoms with van der Waals surface area (Å²) < 4.78 is 48.9. The van der Waals surface area contributed by atoms with Gasteiger partial charge in [-0.25, -0.2) is 4.79 Å². The van der Waals surface area contributed by atoms with E-state index in [4.69, 9.17) is 10.3 Å². The Labute approximate surface area is 212 Å². The first kappa shape index (κ1) is 26.4. The number of allylic oxidation sites excluding steroid dienone is 2. The van der Waals surface area contributed by atoms with Crippen molar-refractivity contribution >= 4 is 11.9 Å². The third-order valence-electron chi connectivity index (χ3n) is 6.50. The smallest absolute Gasteiger partial charge is 0.351 e. The Hall–Kier alpha value is -3.67. The minimum Gasteiger partial charge on any atom is -0.351 e. The van der Waals surface area contributed by atoms with Gasteiger partial charge in [-0.15, -0.1) is 0 Å². The number of urea groups is 1. The highest BCUT2D eigenvalue weighted by Gasteiger charge is 2.46. The maximum atomic E-state index is 13.9. The van der Waals surface area contributed by atoms with Crippen molar-refractivity contribution in [1.82, 2.24) is 20.8 Å². The summed E-state index contributed by atoms with van der Waals surface area (Å²) in [6, 6.07) is 7.79. The van der Waals surface area contributed by atoms with E-state index in [-0.39, 0.29) is 24.3 Å². The molecule has 2 aromatic rings. The molecule has 1 aromatic heterocycles. The van der Waals surface area contributed by atoms with E-state index < -0.39 is 29.2 Å². The summed E-state index contributed by atoms with van der Waals surface area (Å²) >= 11 is 0. The second-order valence-corrected chi connectivity index (χ2v) is 9.67. The summed E-state index contributed by atoms with van der Waals surface area (Å²) in [5.74, 6) is -0.220. The van der Waals surface area contributed by atoms with E-state index in [9.17, 15) is 22.8 Å². The first-order valence-corrected chi connectivity index (χ1v) is 12.0. The van der Waals surface area contributed by atoms with E-state index >= 15 is 0 Å². The molecular weight excluding hydrogens is 489 g/mol. The predicted octanol–water partition coefficient (Wildman–Crippen LogP) is 2.30. The first-order chi connectivity index (χ1) is 17.5. The molecule has 1 aliphatic heterocycles. The number of nitrogens with two attached hydrogens (primary N) is 1. The topological polar surface area (TPSA) is 117 Å². The molecule has 1 aliphatic carbocycles. The van der Waals surface area contributed by atoms with Crippen LogP contribution in [0.25, 0.3) is 0 Å². The third-order valence-corrected chi connectivity index (χ3v) is 6.50. The highest BCUT2D eigenvalue weighted by atomic mass is 19.4. The highest BCUT2D eigenvalue weighted by molar-refractivity contribution is 5.80. The van der Waals surface area contributed by atoms with E-state index in [2.05, 4.69) is 20.8 Å². The molecule has 9 nitrogen and oxygen atoms in total. The average Bonchev–Trinajstić information content (AvgIpc) is 3.28. The number of primary amides is 1. The highest BCUT2D eigenvalue weighted by Crippen LogP contribution is 2.40. The molecule has 0 spiro atoms. The SMILES string of the molecule is CN1CCCC(C[n+]2cc(C3(NC(=O)Cc4ccccc4)C=C(C(F)(F)F)C=C(NC(N)=O)C3)on2)C1. The number of benzene rings is 1. The van der Waals surface area contributed by atoms with Crippen molar-refractivity contribution in [2.24, 2.45) is 11.7 Å². The Balaban J connectivity index is 1.68. The number of hydrogen-bond acceptors (Lipinski definition) is 5. The number of hydrogen-bond donors (Lipinski definition) is 3. The largest absolute Gasteiger partial charge is 0.416 e. The van der Waals surface area contributed by atoms with Gasteiger partial charge >= 0.3 is 12.2 Å². The van der Waals surface area contributed by atoms with Crippen LogP contribution in [0.2, 0.25) is 0 Å². The summed E-state index contributed by atoms with van der Waals surface area (Å²) in [7, 11) is 2.04. The molecule has 4 rings (SSSR count). The van der Waals surface area contributed by atoms with Crippen LogP contribution in [0.1, 0.15) is 30.6 Å². The van der Waals surface area contributed by atoms with E-state index in [1.165, 1.54) is 6.20 Å². The monoisotopic (exact) mass is 519 g/mol. The fourth-order valence-corrected chi connectivity index (χ4v) is 4.92. The lowest BCUT2D eigenvalue weighted by Crippen LogP contribution is -2.49. The fourth-order valence-electron chi connectivity index (χ4n) is 4.92. The van der Waals surface area contributed by atoms with Crippen LogP contribution in [0.4, 0.5) is 18.0 Å². The molecule has 3 amide bonds. The summed E-state index contributed by atoms with van der Waals surface area (Å²) in [5.41, 5.74) is 2.96. The lowest BCUT2D eigenvalue weighted by Gasteiger charge is -2.33. The quantitative estimate of drug-likeness (QED) is 0.486. The van der Waals surface area contributed by atoms with Crippen LogP contribution < -0.4 is 21.0 Å². The van der Waals surface area contributed by atoms with Gasteiger partial charge in [0.1, 0.15) is 5.54 Å². The second-order valence-electron chi connectivity index (χ2n) is 9.67. The van der Waals surface area contributed by atoms with Crippen LogP contribution >= 0.6 is 0 Å². The van der Waals surface area contributed by atoms with Crippen molar-refractivity contribution in [3.05, 3.63) is 71.3 Å². The van der Waals surface area contributed by atoms with Gasteiger partial charge in [-0.05, 0) is 44.1 Å². The standard InChI is InChI=1S/C25H29F3N6O3/c1-33-9-5-8-18(14-33)15-34-16-21(37-32-34)24(31-22(35)10-17-6-3-2-4-7-17)12-19(25(26,27)28)11-20(13-24)30-23(29)36/h2-4,6-7,11-12,16,18H,5,8-10,13-15H2,1H3,(H3-,29,30,31,35,36)/p+1. The Morgan fingerprint density at radius 2 is 2.05 bits per heavy atom. The van der Waals surface area contributed by atoms with E-state index in [0.29, 0.717) is 18.0 Å². The predicted molar refractivity (Wildman–Crippen MR) is 126 cm³/mol. The number of aromatic nitrogens is 2. The number of nitrogens with one attached hydrogen (secondary N) is 2. The molecule has 0 radical (unpaired) electrons. The van der Waals surface area contributed by atoms with Crippen LogP contribution in [0.5, 0.6) is 0 Å². The average molecular weight is 520 g/mol. The molecule has 0 bridgehead atoms. The van der Waals surface area contributed by atoms with Crippen molar-refractivity contribution < 1.29 is 32.0 Å². The molecule has 1 saturated heterocycles. The Morgan fingerprint density at radius 3 is 2.73 bits per heavy atom. The molecule has 2 unspecified atom stereocenters. The van der Waals surface area contributed by atoms with Crippen molar-refractivity contribution in [2.75, 3.05) is 20.1 Å². The Bertz CT molecular complexity index is 1190. The maximum Gasteiger partial charge on any atom is 0.416 e. The van der Waals surface area contributed by atoms with Gasteiger partial charge in [0.2, 0.25) is 17.9 Å². The van der Waals surface area contributed by atoms with Gasteiger partial charge < -0.3 is 25.8 Å². The van der Waals surface area contributed by atoms with Crippen molar-refractivity contribution in [3.63, 3.8) is 0 Å². The van der Waals surface area contributed by atoms with Gasteiger partial charge in [-0.2, -0.15) is 13.2 Å². The lowest BCUT2D eigenvalue weighted by atomic mass is 9.83. The number of nitrogens with zero attached hydrogens (tertiary/aromatic N) is 3. The molecule has 2 aliphatic rings. The number of amides is 3. The van der Waals surface area contributed by atoms with Crippen molar-refractivity contribution in [3.8, 4) is 0 Å². The van der Waals surface area contributed by atoms with Crippen LogP contribution in [0, 0.1) is 5.92 Å². The number of halogens is 3. The zero-order valence-corrected chi connectivity index (χ0v) is 20.4. The van der Waals surface area contributed by atoms with Gasteiger partial charge in [-0.1, -0.05) is 35.0 Å². The fraction of sp³-hybridized carbons (Fsp3) is 0.440. The summed E-state index contributed by atoms with van der Waals surface area (Å²) in [4.78, 5) is 26.8. The Morgan fingerprint density at radius 1 is 1.30 bits per heavy atom. The van der Waals surface area contributed by atoms with Crippen molar-refractivity contribution in [1.29, 1.82) is 0 Å². The summed E-state index contributed by atoms with van der Waals surface area (Å²) in [6.45, 7) is 2.39. The summed E-state index contributed by atoms with van der Waals surface area (Å²) in [6.07, 6.45) is 0.191. The zero-order chi connectivity index (χ0) is 26.6. The molecule has 4 N–H and O–H groups in total. The van der Waals surface area contributed by atoms with Crippen LogP contribution in [0.3, 0.4) is 0 Å². The minimum atomic E-state index is -4.76. The second kappa shape index (κ2) is 10.8. The molecule has 0 saturated carbocycles. The minimum absolute atomic E-state index is 0.0108. The van der Waals surface area contributed by atoms with Crippen LogP contribution in [-0.4, -0.2) is 48.4 Å². The maximum absolute atomic E-state index is 13.9. The Kier molecular flexibility index (Phi) is 7.67. The van der Waals surface area contributed by atoms with E-state index in [1.54, 1.807) is 35.0 Å².